The molecule has 84 valence electrons. The van der Waals surface area contributed by atoms with Crippen molar-refractivity contribution in [3.63, 3.8) is 0 Å². The number of nitrogens with zero attached hydrogens (tertiary/aromatic N) is 1. The lowest BCUT2D eigenvalue weighted by atomic mass is 10.1. The third-order valence-electron chi connectivity index (χ3n) is 2.72. The number of carbonyl (C=O) groups excluding carboxylic acids is 1. The highest BCUT2D eigenvalue weighted by atomic mass is 16.4. The highest BCUT2D eigenvalue weighted by Crippen LogP contribution is 2.31. The van der Waals surface area contributed by atoms with Gasteiger partial charge < -0.3 is 10.8 Å². The summed E-state index contributed by atoms with van der Waals surface area (Å²) >= 11 is 0. The lowest BCUT2D eigenvalue weighted by Crippen LogP contribution is -2.41. The number of carboxylic acids is 1. The molecule has 1 unspecified atom stereocenters. The Kier molecular flexibility index (Phi) is 2.30. The van der Waals surface area contributed by atoms with Gasteiger partial charge in [-0.15, -0.1) is 0 Å². The molecule has 2 rings (SSSR count). The summed E-state index contributed by atoms with van der Waals surface area (Å²) in [4.78, 5) is 23.9. The van der Waals surface area contributed by atoms with Gasteiger partial charge in [-0.05, 0) is 30.7 Å². The van der Waals surface area contributed by atoms with E-state index in [9.17, 15) is 9.59 Å². The number of hydrogen-bond acceptors (Lipinski definition) is 3. The highest BCUT2D eigenvalue weighted by Gasteiger charge is 2.34. The summed E-state index contributed by atoms with van der Waals surface area (Å²) in [5.74, 6) is -1.21. The Morgan fingerprint density at radius 1 is 1.56 bits per heavy atom. The molecule has 3 N–H and O–H groups in total. The number of amides is 1. The van der Waals surface area contributed by atoms with E-state index < -0.39 is 12.0 Å². The second-order valence-corrected chi connectivity index (χ2v) is 3.84. The number of anilines is 2. The van der Waals surface area contributed by atoms with Crippen LogP contribution in [0.1, 0.15) is 12.5 Å². The van der Waals surface area contributed by atoms with Crippen molar-refractivity contribution < 1.29 is 14.7 Å². The standard InChI is InChI=1S/C11H12N2O3/c1-6(11(15)16)13-9-3-2-8(12)4-7(9)5-10(13)14/h2-4,6H,5,12H2,1H3,(H,15,16). The zero-order chi connectivity index (χ0) is 11.9. The van der Waals surface area contributed by atoms with Crippen molar-refractivity contribution in [2.24, 2.45) is 0 Å². The van der Waals surface area contributed by atoms with Gasteiger partial charge >= 0.3 is 5.97 Å². The number of hydrogen-bond donors (Lipinski definition) is 2. The van der Waals surface area contributed by atoms with Gasteiger partial charge in [-0.3, -0.25) is 9.69 Å². The Hall–Kier alpha value is -2.04. The average molecular weight is 220 g/mol. The van der Waals surface area contributed by atoms with Crippen molar-refractivity contribution in [3.8, 4) is 0 Å². The molecule has 0 radical (unpaired) electrons. The van der Waals surface area contributed by atoms with Crippen molar-refractivity contribution in [2.45, 2.75) is 19.4 Å². The summed E-state index contributed by atoms with van der Waals surface area (Å²) in [7, 11) is 0. The maximum absolute atomic E-state index is 11.7. The van der Waals surface area contributed by atoms with Crippen LogP contribution in [-0.4, -0.2) is 23.0 Å². The third-order valence-corrected chi connectivity index (χ3v) is 2.72. The van der Waals surface area contributed by atoms with Crippen LogP contribution in [0.25, 0.3) is 0 Å². The van der Waals surface area contributed by atoms with Crippen LogP contribution < -0.4 is 10.6 Å². The Balaban J connectivity index is 2.44. The molecule has 16 heavy (non-hydrogen) atoms. The van der Waals surface area contributed by atoms with Crippen molar-refractivity contribution in [3.05, 3.63) is 23.8 Å². The second kappa shape index (κ2) is 3.52. The predicted molar refractivity (Wildman–Crippen MR) is 59.1 cm³/mol. The van der Waals surface area contributed by atoms with Crippen molar-refractivity contribution in [2.75, 3.05) is 10.6 Å². The third kappa shape index (κ3) is 1.50. The molecule has 1 aromatic carbocycles. The lowest BCUT2D eigenvalue weighted by Gasteiger charge is -2.21. The fourth-order valence-electron chi connectivity index (χ4n) is 1.90. The smallest absolute Gasteiger partial charge is 0.326 e. The van der Waals surface area contributed by atoms with E-state index in [2.05, 4.69) is 0 Å². The van der Waals surface area contributed by atoms with Crippen molar-refractivity contribution in [1.82, 2.24) is 0 Å². The number of nitrogens with two attached hydrogens (primary N) is 1. The molecule has 1 aliphatic rings. The molecular formula is C11H12N2O3. The van der Waals surface area contributed by atoms with E-state index >= 15 is 0 Å². The first-order chi connectivity index (χ1) is 7.50. The lowest BCUT2D eigenvalue weighted by molar-refractivity contribution is -0.139. The van der Waals surface area contributed by atoms with E-state index in [0.29, 0.717) is 11.4 Å². The maximum Gasteiger partial charge on any atom is 0.326 e. The summed E-state index contributed by atoms with van der Waals surface area (Å²) in [5, 5.41) is 8.92. The minimum atomic E-state index is -1.02. The summed E-state index contributed by atoms with van der Waals surface area (Å²) in [5.41, 5.74) is 7.63. The molecule has 0 aromatic heterocycles. The van der Waals surface area contributed by atoms with E-state index in [1.165, 1.54) is 11.8 Å². The van der Waals surface area contributed by atoms with E-state index in [1.54, 1.807) is 18.2 Å². The van der Waals surface area contributed by atoms with Gasteiger partial charge in [-0.2, -0.15) is 0 Å². The molecule has 0 aliphatic carbocycles. The molecule has 0 fully saturated rings. The average Bonchev–Trinajstić information content (AvgIpc) is 2.51. The van der Waals surface area contributed by atoms with Crippen molar-refractivity contribution >= 4 is 23.3 Å². The normalized spacial score (nSPS) is 16.1. The highest BCUT2D eigenvalue weighted by molar-refractivity contribution is 6.05. The molecule has 0 saturated carbocycles. The second-order valence-electron chi connectivity index (χ2n) is 3.84. The number of aliphatic carboxylic acids is 1. The van der Waals surface area contributed by atoms with E-state index in [-0.39, 0.29) is 12.3 Å². The van der Waals surface area contributed by atoms with Gasteiger partial charge in [0.25, 0.3) is 0 Å². The fraction of sp³-hybridized carbons (Fsp3) is 0.273. The number of rotatable bonds is 2. The van der Waals surface area contributed by atoms with Crippen LogP contribution in [0.15, 0.2) is 18.2 Å². The van der Waals surface area contributed by atoms with Gasteiger partial charge in [0.15, 0.2) is 0 Å². The number of fused-ring (bicyclic) bond motifs is 1. The first kappa shape index (κ1) is 10.5. The fourth-order valence-corrected chi connectivity index (χ4v) is 1.90. The predicted octanol–water partition coefficient (Wildman–Crippen LogP) is 0.631. The van der Waals surface area contributed by atoms with Crippen LogP contribution in [0, 0.1) is 0 Å². The molecular weight excluding hydrogens is 208 g/mol. The summed E-state index contributed by atoms with van der Waals surface area (Å²) < 4.78 is 0. The van der Waals surface area contributed by atoms with Gasteiger partial charge in [-0.25, -0.2) is 4.79 Å². The number of nitrogen functional groups attached to an aromatic ring is 1. The van der Waals surface area contributed by atoms with Crippen LogP contribution in [0.5, 0.6) is 0 Å². The van der Waals surface area contributed by atoms with Gasteiger partial charge in [0, 0.05) is 11.4 Å². The SMILES string of the molecule is CC(C(=O)O)N1C(=O)Cc2cc(N)ccc21. The molecule has 0 saturated heterocycles. The molecule has 0 bridgehead atoms. The molecule has 0 spiro atoms. The number of carbonyl (C=O) groups is 2. The molecule has 1 amide bonds. The van der Waals surface area contributed by atoms with Crippen LogP contribution >= 0.6 is 0 Å². The minimum absolute atomic E-state index is 0.199. The van der Waals surface area contributed by atoms with Crippen LogP contribution in [-0.2, 0) is 16.0 Å². The first-order valence-electron chi connectivity index (χ1n) is 4.94. The Morgan fingerprint density at radius 2 is 2.25 bits per heavy atom. The van der Waals surface area contributed by atoms with E-state index in [1.807, 2.05) is 0 Å². The Bertz CT molecular complexity index is 470. The maximum atomic E-state index is 11.7. The van der Waals surface area contributed by atoms with Crippen LogP contribution in [0.4, 0.5) is 11.4 Å². The molecule has 1 aliphatic heterocycles. The van der Waals surface area contributed by atoms with Gasteiger partial charge in [0.05, 0.1) is 6.42 Å². The zero-order valence-electron chi connectivity index (χ0n) is 8.80. The van der Waals surface area contributed by atoms with Crippen molar-refractivity contribution in [1.29, 1.82) is 0 Å². The molecule has 1 heterocycles. The summed E-state index contributed by atoms with van der Waals surface area (Å²) in [6, 6.07) is 4.22. The van der Waals surface area contributed by atoms with Crippen LogP contribution in [0.2, 0.25) is 0 Å². The molecule has 1 atom stereocenters. The number of benzene rings is 1. The molecule has 5 heteroatoms. The topological polar surface area (TPSA) is 83.6 Å². The van der Waals surface area contributed by atoms with Gasteiger partial charge in [-0.1, -0.05) is 0 Å². The van der Waals surface area contributed by atoms with E-state index in [4.69, 9.17) is 10.8 Å². The summed E-state index contributed by atoms with van der Waals surface area (Å²) in [6.45, 7) is 1.49. The van der Waals surface area contributed by atoms with Crippen LogP contribution in [0.3, 0.4) is 0 Å². The Labute approximate surface area is 92.5 Å². The molecule has 1 aromatic rings. The monoisotopic (exact) mass is 220 g/mol. The quantitative estimate of drug-likeness (QED) is 0.716. The Morgan fingerprint density at radius 3 is 2.88 bits per heavy atom. The summed E-state index contributed by atoms with van der Waals surface area (Å²) in [6.07, 6.45) is 0.220. The molecule has 5 nitrogen and oxygen atoms in total. The zero-order valence-corrected chi connectivity index (χ0v) is 8.80. The first-order valence-corrected chi connectivity index (χ1v) is 4.94. The minimum Gasteiger partial charge on any atom is -0.480 e. The largest absolute Gasteiger partial charge is 0.480 e. The van der Waals surface area contributed by atoms with E-state index in [0.717, 1.165) is 5.56 Å². The van der Waals surface area contributed by atoms with Gasteiger partial charge in [0.1, 0.15) is 6.04 Å². The van der Waals surface area contributed by atoms with Gasteiger partial charge in [0.2, 0.25) is 5.91 Å². The number of carboxylic acid groups (broad SMARTS) is 1.